The maximum atomic E-state index is 14.7. The van der Waals surface area contributed by atoms with Crippen LogP contribution in [-0.4, -0.2) is 0 Å². The van der Waals surface area contributed by atoms with E-state index in [1.807, 2.05) is 0 Å². The Hall–Kier alpha value is -4.02. The molecular weight excluding hydrogens is 518 g/mol. The van der Waals surface area contributed by atoms with Crippen LogP contribution < -0.4 is 4.74 Å². The molecule has 0 aliphatic heterocycles. The molecule has 1 nitrogen and oxygen atoms in total. The van der Waals surface area contributed by atoms with Gasteiger partial charge in [0.15, 0.2) is 40.7 Å². The molecular formula is C26H12F10O. The first-order valence-electron chi connectivity index (χ1n) is 10.3. The molecule has 37 heavy (non-hydrogen) atoms. The van der Waals surface area contributed by atoms with Crippen molar-refractivity contribution >= 4 is 22.4 Å². The molecule has 0 saturated heterocycles. The zero-order valence-corrected chi connectivity index (χ0v) is 18.4. The third-order valence-corrected chi connectivity index (χ3v) is 5.37. The predicted octanol–water partition coefficient (Wildman–Crippen LogP) is 8.88. The third-order valence-electron chi connectivity index (χ3n) is 5.37. The van der Waals surface area contributed by atoms with Gasteiger partial charge in [-0.1, -0.05) is 29.8 Å². The lowest BCUT2D eigenvalue weighted by Gasteiger charge is -2.20. The summed E-state index contributed by atoms with van der Waals surface area (Å²) in [6, 6.07) is 6.79. The number of benzene rings is 4. The topological polar surface area (TPSA) is 9.23 Å². The molecule has 0 aliphatic rings. The fourth-order valence-corrected chi connectivity index (χ4v) is 3.51. The summed E-state index contributed by atoms with van der Waals surface area (Å²) in [5.74, 6) is -16.2. The maximum absolute atomic E-state index is 14.7. The Morgan fingerprint density at radius 3 is 1.97 bits per heavy atom. The number of hydrogen-bond acceptors (Lipinski definition) is 1. The van der Waals surface area contributed by atoms with Crippen LogP contribution in [0.4, 0.5) is 43.9 Å². The highest BCUT2D eigenvalue weighted by molar-refractivity contribution is 5.85. The average molecular weight is 530 g/mol. The molecule has 0 bridgehead atoms. The normalized spacial score (nSPS) is 12.6. The van der Waals surface area contributed by atoms with Crippen LogP contribution in [0.25, 0.3) is 22.4 Å². The summed E-state index contributed by atoms with van der Waals surface area (Å²) in [5.41, 5.74) is -2.67. The standard InChI is InChI=1S/C26H12F10O/c1-11-2-4-12(5-3-11)20(29)21(30)15-6-7-16(23(32)22(15)31)26(35,36)37-14-8-13-9-18(28)24(33)25(34)19(13)17(27)10-14/h2-10H,1H3/b21-20+. The molecule has 4 aromatic carbocycles. The number of alkyl halides is 2. The Morgan fingerprint density at radius 2 is 1.32 bits per heavy atom. The largest absolute Gasteiger partial charge is 0.429 e. The van der Waals surface area contributed by atoms with Crippen molar-refractivity contribution in [3.8, 4) is 5.75 Å². The molecule has 4 rings (SSSR count). The van der Waals surface area contributed by atoms with Crippen LogP contribution in [-0.2, 0) is 6.11 Å². The zero-order chi connectivity index (χ0) is 27.2. The third kappa shape index (κ3) is 4.73. The van der Waals surface area contributed by atoms with Gasteiger partial charge in [0.2, 0.25) is 0 Å². The number of halogens is 10. The number of ether oxygens (including phenoxy) is 1. The quantitative estimate of drug-likeness (QED) is 0.142. The van der Waals surface area contributed by atoms with Crippen molar-refractivity contribution in [1.82, 2.24) is 0 Å². The Labute approximate surface area is 202 Å². The second kappa shape index (κ2) is 9.45. The van der Waals surface area contributed by atoms with Crippen molar-refractivity contribution < 1.29 is 48.6 Å². The molecule has 4 aromatic rings. The molecule has 0 aliphatic carbocycles. The van der Waals surface area contributed by atoms with E-state index in [2.05, 4.69) is 4.74 Å². The van der Waals surface area contributed by atoms with Gasteiger partial charge < -0.3 is 4.74 Å². The van der Waals surface area contributed by atoms with Crippen LogP contribution >= 0.6 is 0 Å². The Morgan fingerprint density at radius 1 is 0.676 bits per heavy atom. The number of aryl methyl sites for hydroxylation is 1. The molecule has 0 atom stereocenters. The van der Waals surface area contributed by atoms with E-state index in [4.69, 9.17) is 0 Å². The van der Waals surface area contributed by atoms with Crippen LogP contribution in [0.2, 0.25) is 0 Å². The van der Waals surface area contributed by atoms with Crippen molar-refractivity contribution in [3.63, 3.8) is 0 Å². The summed E-state index contributed by atoms with van der Waals surface area (Å²) in [6.07, 6.45) is -4.73. The summed E-state index contributed by atoms with van der Waals surface area (Å²) < 4.78 is 147. The van der Waals surface area contributed by atoms with Gasteiger partial charge in [-0.2, -0.15) is 8.78 Å². The highest BCUT2D eigenvalue weighted by Crippen LogP contribution is 2.39. The first-order valence-corrected chi connectivity index (χ1v) is 10.3. The lowest BCUT2D eigenvalue weighted by molar-refractivity contribution is -0.187. The van der Waals surface area contributed by atoms with E-state index in [-0.39, 0.29) is 17.7 Å². The second-order valence-corrected chi connectivity index (χ2v) is 7.89. The molecule has 0 spiro atoms. The van der Waals surface area contributed by atoms with Gasteiger partial charge in [0.05, 0.1) is 10.9 Å². The van der Waals surface area contributed by atoms with Crippen molar-refractivity contribution in [1.29, 1.82) is 0 Å². The van der Waals surface area contributed by atoms with E-state index in [1.54, 1.807) is 6.92 Å². The number of hydrogen-bond donors (Lipinski definition) is 0. The monoisotopic (exact) mass is 530 g/mol. The Balaban J connectivity index is 1.72. The summed E-state index contributed by atoms with van der Waals surface area (Å²) in [4.78, 5) is 0. The molecule has 0 heterocycles. The smallest absolute Gasteiger partial charge is 0.429 e. The maximum Gasteiger partial charge on any atom is 0.429 e. The second-order valence-electron chi connectivity index (χ2n) is 7.89. The zero-order valence-electron chi connectivity index (χ0n) is 18.4. The lowest BCUT2D eigenvalue weighted by Crippen LogP contribution is -2.24. The summed E-state index contributed by atoms with van der Waals surface area (Å²) in [7, 11) is 0. The van der Waals surface area contributed by atoms with E-state index in [0.29, 0.717) is 23.8 Å². The van der Waals surface area contributed by atoms with Crippen LogP contribution in [0.3, 0.4) is 0 Å². The fourth-order valence-electron chi connectivity index (χ4n) is 3.51. The molecule has 0 unspecified atom stereocenters. The van der Waals surface area contributed by atoms with Gasteiger partial charge in [0.25, 0.3) is 0 Å². The van der Waals surface area contributed by atoms with E-state index < -0.39 is 80.3 Å². The van der Waals surface area contributed by atoms with Crippen molar-refractivity contribution in [3.05, 3.63) is 112 Å². The van der Waals surface area contributed by atoms with Crippen LogP contribution in [0, 0.1) is 41.8 Å². The van der Waals surface area contributed by atoms with Crippen LogP contribution in [0.1, 0.15) is 22.3 Å². The predicted molar refractivity (Wildman–Crippen MR) is 115 cm³/mol. The molecule has 11 heteroatoms. The molecule has 0 amide bonds. The minimum Gasteiger partial charge on any atom is -0.429 e. The summed E-state index contributed by atoms with van der Waals surface area (Å²) in [5, 5.41) is -1.77. The number of fused-ring (bicyclic) bond motifs is 1. The molecule has 0 aromatic heterocycles. The highest BCUT2D eigenvalue weighted by Gasteiger charge is 2.40. The van der Waals surface area contributed by atoms with E-state index >= 15 is 0 Å². The summed E-state index contributed by atoms with van der Waals surface area (Å²) >= 11 is 0. The SMILES string of the molecule is Cc1ccc(/C(F)=C(\F)c2ccc(C(F)(F)Oc3cc(F)c4c(F)c(F)c(F)cc4c3)c(F)c2F)cc1. The fraction of sp³-hybridized carbons (Fsp3) is 0.0769. The number of rotatable bonds is 5. The van der Waals surface area contributed by atoms with Crippen molar-refractivity contribution in [2.45, 2.75) is 13.0 Å². The van der Waals surface area contributed by atoms with Gasteiger partial charge in [-0.25, -0.2) is 35.1 Å². The van der Waals surface area contributed by atoms with E-state index in [0.717, 1.165) is 0 Å². The van der Waals surface area contributed by atoms with Crippen molar-refractivity contribution in [2.75, 3.05) is 0 Å². The van der Waals surface area contributed by atoms with Gasteiger partial charge in [0, 0.05) is 11.6 Å². The van der Waals surface area contributed by atoms with Gasteiger partial charge in [-0.3, -0.25) is 0 Å². The Kier molecular flexibility index (Phi) is 6.66. The highest BCUT2D eigenvalue weighted by atomic mass is 19.3. The molecule has 192 valence electrons. The van der Waals surface area contributed by atoms with Gasteiger partial charge >= 0.3 is 6.11 Å². The van der Waals surface area contributed by atoms with Gasteiger partial charge in [-0.05, 0) is 36.6 Å². The minimum absolute atomic E-state index is 0.193. The van der Waals surface area contributed by atoms with Gasteiger partial charge in [0.1, 0.15) is 17.1 Å². The van der Waals surface area contributed by atoms with Gasteiger partial charge in [-0.15, -0.1) is 0 Å². The van der Waals surface area contributed by atoms with Crippen LogP contribution in [0.15, 0.2) is 54.6 Å². The first kappa shape index (κ1) is 26.1. The lowest BCUT2D eigenvalue weighted by atomic mass is 10.0. The van der Waals surface area contributed by atoms with Crippen molar-refractivity contribution in [2.24, 2.45) is 0 Å². The molecule has 0 N–H and O–H groups in total. The Bertz CT molecular complexity index is 1560. The van der Waals surface area contributed by atoms with E-state index in [9.17, 15) is 43.9 Å². The van der Waals surface area contributed by atoms with E-state index in [1.165, 1.54) is 24.3 Å². The molecule has 0 radical (unpaired) electrons. The minimum atomic E-state index is -4.73. The average Bonchev–Trinajstić information content (AvgIpc) is 2.83. The first-order chi connectivity index (χ1) is 17.3. The molecule has 0 saturated carbocycles. The molecule has 0 fully saturated rings. The summed E-state index contributed by atoms with van der Waals surface area (Å²) in [6.45, 7) is 1.67. The van der Waals surface area contributed by atoms with Crippen LogP contribution in [0.5, 0.6) is 5.75 Å².